The number of hydrogen-bond donors (Lipinski definition) is 1. The van der Waals surface area contributed by atoms with Gasteiger partial charge >= 0.3 is 0 Å². The van der Waals surface area contributed by atoms with Crippen LogP contribution in [0.15, 0.2) is 24.3 Å². The summed E-state index contributed by atoms with van der Waals surface area (Å²) in [6.07, 6.45) is 3.93. The Morgan fingerprint density at radius 3 is 3.00 bits per heavy atom. The van der Waals surface area contributed by atoms with Crippen LogP contribution in [0.25, 0.3) is 0 Å². The molecular formula is C14H20N2O. The number of nitrogens with zero attached hydrogens (tertiary/aromatic N) is 1. The molecule has 1 aliphatic rings. The van der Waals surface area contributed by atoms with E-state index in [1.54, 1.807) is 0 Å². The van der Waals surface area contributed by atoms with Crippen molar-refractivity contribution in [3.8, 4) is 0 Å². The van der Waals surface area contributed by atoms with Crippen molar-refractivity contribution < 1.29 is 4.79 Å². The Morgan fingerprint density at radius 1 is 1.35 bits per heavy atom. The van der Waals surface area contributed by atoms with Gasteiger partial charge < -0.3 is 10.2 Å². The predicted octanol–water partition coefficient (Wildman–Crippen LogP) is 1.97. The van der Waals surface area contributed by atoms with Crippen LogP contribution >= 0.6 is 0 Å². The van der Waals surface area contributed by atoms with Crippen molar-refractivity contribution in [1.82, 2.24) is 5.32 Å². The Labute approximate surface area is 103 Å². The summed E-state index contributed by atoms with van der Waals surface area (Å²) >= 11 is 0. The fourth-order valence-corrected chi connectivity index (χ4v) is 2.32. The van der Waals surface area contributed by atoms with Gasteiger partial charge in [0.1, 0.15) is 0 Å². The first-order valence-electron chi connectivity index (χ1n) is 6.36. The zero-order valence-electron chi connectivity index (χ0n) is 10.4. The molecule has 0 spiro atoms. The number of rotatable bonds is 3. The van der Waals surface area contributed by atoms with Crippen LogP contribution in [-0.4, -0.2) is 26.0 Å². The van der Waals surface area contributed by atoms with Gasteiger partial charge in [0.25, 0.3) is 0 Å². The lowest BCUT2D eigenvalue weighted by atomic mass is 10.1. The molecule has 1 N–H and O–H groups in total. The molecule has 0 saturated carbocycles. The summed E-state index contributed by atoms with van der Waals surface area (Å²) in [4.78, 5) is 14.1. The van der Waals surface area contributed by atoms with Crippen molar-refractivity contribution in [1.29, 1.82) is 0 Å². The molecule has 1 amide bonds. The summed E-state index contributed by atoms with van der Waals surface area (Å²) in [7, 11) is 1.88. The molecule has 0 bridgehead atoms. The monoisotopic (exact) mass is 232 g/mol. The van der Waals surface area contributed by atoms with Gasteiger partial charge in [-0.25, -0.2) is 0 Å². The van der Waals surface area contributed by atoms with E-state index in [4.69, 9.17) is 0 Å². The summed E-state index contributed by atoms with van der Waals surface area (Å²) < 4.78 is 0. The molecule has 0 unspecified atom stereocenters. The highest BCUT2D eigenvalue weighted by molar-refractivity contribution is 5.94. The fraction of sp³-hybridized carbons (Fsp3) is 0.500. The van der Waals surface area contributed by atoms with Gasteiger partial charge in [-0.2, -0.15) is 0 Å². The molecule has 0 aromatic heterocycles. The number of anilines is 1. The molecule has 1 aromatic carbocycles. The Kier molecular flexibility index (Phi) is 4.15. The van der Waals surface area contributed by atoms with Gasteiger partial charge in [0, 0.05) is 25.2 Å². The third-order valence-electron chi connectivity index (χ3n) is 3.25. The topological polar surface area (TPSA) is 32.3 Å². The average Bonchev–Trinajstić information content (AvgIpc) is 2.58. The number of aryl methyl sites for hydroxylation is 1. The Bertz CT molecular complexity index is 390. The molecule has 92 valence electrons. The van der Waals surface area contributed by atoms with Gasteiger partial charge in [-0.05, 0) is 37.9 Å². The van der Waals surface area contributed by atoms with E-state index in [1.807, 2.05) is 18.0 Å². The maximum atomic E-state index is 12.2. The highest BCUT2D eigenvalue weighted by Gasteiger charge is 2.19. The number of amides is 1. The van der Waals surface area contributed by atoms with Gasteiger partial charge in [-0.15, -0.1) is 0 Å². The largest absolute Gasteiger partial charge is 0.319 e. The maximum Gasteiger partial charge on any atom is 0.228 e. The van der Waals surface area contributed by atoms with Gasteiger partial charge in [-0.3, -0.25) is 4.79 Å². The van der Waals surface area contributed by atoms with E-state index in [1.165, 1.54) is 12.0 Å². The number of carbonyl (C=O) groups is 1. The van der Waals surface area contributed by atoms with Crippen molar-refractivity contribution in [3.63, 3.8) is 0 Å². The first kappa shape index (κ1) is 12.1. The zero-order chi connectivity index (χ0) is 12.1. The minimum Gasteiger partial charge on any atom is -0.319 e. The average molecular weight is 232 g/mol. The SMILES string of the molecule is CNCCC(=O)N1CCCCc2ccccc21. The first-order valence-corrected chi connectivity index (χ1v) is 6.36. The first-order chi connectivity index (χ1) is 8.33. The number of para-hydroxylation sites is 1. The van der Waals surface area contributed by atoms with E-state index >= 15 is 0 Å². The summed E-state index contributed by atoms with van der Waals surface area (Å²) in [6.45, 7) is 1.61. The number of fused-ring (bicyclic) bond motifs is 1. The summed E-state index contributed by atoms with van der Waals surface area (Å²) in [5.41, 5.74) is 2.42. The minimum atomic E-state index is 0.230. The molecule has 0 saturated heterocycles. The Hall–Kier alpha value is -1.35. The molecule has 0 aliphatic carbocycles. The van der Waals surface area contributed by atoms with Gasteiger partial charge in [0.2, 0.25) is 5.91 Å². The van der Waals surface area contributed by atoms with Crippen molar-refractivity contribution in [2.45, 2.75) is 25.7 Å². The molecule has 1 heterocycles. The van der Waals surface area contributed by atoms with Gasteiger partial charge in [0.15, 0.2) is 0 Å². The van der Waals surface area contributed by atoms with E-state index in [0.717, 1.165) is 31.6 Å². The number of carbonyl (C=O) groups excluding carboxylic acids is 1. The highest BCUT2D eigenvalue weighted by Crippen LogP contribution is 2.26. The molecule has 3 heteroatoms. The fourth-order valence-electron chi connectivity index (χ4n) is 2.32. The Morgan fingerprint density at radius 2 is 2.18 bits per heavy atom. The van der Waals surface area contributed by atoms with Gasteiger partial charge in [0.05, 0.1) is 0 Å². The van der Waals surface area contributed by atoms with Crippen LogP contribution in [0.4, 0.5) is 5.69 Å². The second-order valence-electron chi connectivity index (χ2n) is 4.48. The normalized spacial score (nSPS) is 15.2. The summed E-state index contributed by atoms with van der Waals surface area (Å²) in [5, 5.41) is 3.03. The van der Waals surface area contributed by atoms with Gasteiger partial charge in [-0.1, -0.05) is 18.2 Å². The molecule has 2 rings (SSSR count). The third kappa shape index (κ3) is 2.86. The molecule has 3 nitrogen and oxygen atoms in total. The Balaban J connectivity index is 2.19. The number of hydrogen-bond acceptors (Lipinski definition) is 2. The minimum absolute atomic E-state index is 0.230. The quantitative estimate of drug-likeness (QED) is 0.864. The molecular weight excluding hydrogens is 212 g/mol. The van der Waals surface area contributed by atoms with Crippen LogP contribution in [0.2, 0.25) is 0 Å². The van der Waals surface area contributed by atoms with E-state index in [0.29, 0.717) is 6.42 Å². The second kappa shape index (κ2) is 5.82. The van der Waals surface area contributed by atoms with Crippen LogP contribution in [0, 0.1) is 0 Å². The second-order valence-corrected chi connectivity index (χ2v) is 4.48. The lowest BCUT2D eigenvalue weighted by Gasteiger charge is -2.22. The lowest BCUT2D eigenvalue weighted by Crippen LogP contribution is -2.33. The highest BCUT2D eigenvalue weighted by atomic mass is 16.2. The van der Waals surface area contributed by atoms with Crippen LogP contribution in [0.5, 0.6) is 0 Å². The number of nitrogens with one attached hydrogen (secondary N) is 1. The summed E-state index contributed by atoms with van der Waals surface area (Å²) in [5.74, 6) is 0.230. The van der Waals surface area contributed by atoms with Crippen molar-refractivity contribution in [3.05, 3.63) is 29.8 Å². The molecule has 0 fully saturated rings. The standard InChI is InChI=1S/C14H20N2O/c1-15-10-9-14(17)16-11-5-4-7-12-6-2-3-8-13(12)16/h2-3,6,8,15H,4-5,7,9-11H2,1H3. The smallest absolute Gasteiger partial charge is 0.228 e. The zero-order valence-corrected chi connectivity index (χ0v) is 10.4. The molecule has 17 heavy (non-hydrogen) atoms. The van der Waals surface area contributed by atoms with Crippen LogP contribution in [-0.2, 0) is 11.2 Å². The lowest BCUT2D eigenvalue weighted by molar-refractivity contribution is -0.118. The predicted molar refractivity (Wildman–Crippen MR) is 70.3 cm³/mol. The maximum absolute atomic E-state index is 12.2. The molecule has 0 atom stereocenters. The molecule has 1 aliphatic heterocycles. The summed E-state index contributed by atoms with van der Waals surface area (Å²) in [6, 6.07) is 8.28. The van der Waals surface area contributed by atoms with Crippen LogP contribution in [0.3, 0.4) is 0 Å². The third-order valence-corrected chi connectivity index (χ3v) is 3.25. The van der Waals surface area contributed by atoms with E-state index in [9.17, 15) is 4.79 Å². The van der Waals surface area contributed by atoms with Crippen molar-refractivity contribution in [2.24, 2.45) is 0 Å². The van der Waals surface area contributed by atoms with E-state index in [2.05, 4.69) is 23.5 Å². The van der Waals surface area contributed by atoms with Crippen molar-refractivity contribution in [2.75, 3.05) is 25.0 Å². The van der Waals surface area contributed by atoms with E-state index < -0.39 is 0 Å². The van der Waals surface area contributed by atoms with E-state index in [-0.39, 0.29) is 5.91 Å². The number of benzene rings is 1. The molecule has 0 radical (unpaired) electrons. The van der Waals surface area contributed by atoms with Crippen LogP contribution < -0.4 is 10.2 Å². The molecule has 1 aromatic rings. The van der Waals surface area contributed by atoms with Crippen LogP contribution in [0.1, 0.15) is 24.8 Å². The van der Waals surface area contributed by atoms with Crippen molar-refractivity contribution >= 4 is 11.6 Å².